The van der Waals surface area contributed by atoms with Crippen molar-refractivity contribution in [2.24, 2.45) is 11.8 Å². The molecule has 3 unspecified atom stereocenters. The number of anilines is 3. The highest BCUT2D eigenvalue weighted by molar-refractivity contribution is 6.02. The van der Waals surface area contributed by atoms with Gasteiger partial charge in [0.2, 0.25) is 18.1 Å². The number of oxazole rings is 1. The van der Waals surface area contributed by atoms with Crippen LogP contribution in [0.2, 0.25) is 0 Å². The average Bonchev–Trinajstić information content (AvgIpc) is 3.32. The first-order valence-corrected chi connectivity index (χ1v) is 12.9. The van der Waals surface area contributed by atoms with E-state index in [9.17, 15) is 19.5 Å². The molecule has 14 heteroatoms. The minimum Gasteiger partial charge on any atom is -0.441 e. The second kappa shape index (κ2) is 9.45. The van der Waals surface area contributed by atoms with Crippen molar-refractivity contribution in [3.8, 4) is 11.6 Å². The largest absolute Gasteiger partial charge is 0.441 e. The molecule has 0 spiro atoms. The number of rotatable bonds is 8. The zero-order chi connectivity index (χ0) is 27.4. The van der Waals surface area contributed by atoms with Crippen LogP contribution < -0.4 is 15.1 Å². The summed E-state index contributed by atoms with van der Waals surface area (Å²) in [4.78, 5) is 60.5. The fourth-order valence-corrected chi connectivity index (χ4v) is 5.11. The van der Waals surface area contributed by atoms with Gasteiger partial charge >= 0.3 is 0 Å². The van der Waals surface area contributed by atoms with E-state index in [1.807, 2.05) is 0 Å². The van der Waals surface area contributed by atoms with Crippen molar-refractivity contribution < 1.29 is 23.9 Å². The van der Waals surface area contributed by atoms with Crippen LogP contribution in [0.4, 0.5) is 17.5 Å². The van der Waals surface area contributed by atoms with Crippen LogP contribution in [0.5, 0.6) is 0 Å². The maximum Gasteiger partial charge on any atom is 0.278 e. The van der Waals surface area contributed by atoms with Gasteiger partial charge in [-0.05, 0) is 25.2 Å². The van der Waals surface area contributed by atoms with Crippen molar-refractivity contribution in [2.45, 2.75) is 39.1 Å². The Labute approximate surface area is 223 Å². The van der Waals surface area contributed by atoms with E-state index >= 15 is 0 Å². The first-order valence-electron chi connectivity index (χ1n) is 12.9. The number of hydrogen-bond acceptors (Lipinski definition) is 11. The molecule has 3 aromatic heterocycles. The third-order valence-electron chi connectivity index (χ3n) is 7.65. The lowest BCUT2D eigenvalue weighted by Crippen LogP contribution is -2.56. The summed E-state index contributed by atoms with van der Waals surface area (Å²) < 4.78 is 6.93. The summed E-state index contributed by atoms with van der Waals surface area (Å²) in [7, 11) is 1.56. The Morgan fingerprint density at radius 1 is 1.21 bits per heavy atom. The summed E-state index contributed by atoms with van der Waals surface area (Å²) in [6, 6.07) is -0.872. The molecule has 39 heavy (non-hydrogen) atoms. The summed E-state index contributed by atoms with van der Waals surface area (Å²) in [5, 5.41) is 13.2. The van der Waals surface area contributed by atoms with E-state index in [1.54, 1.807) is 33.3 Å². The predicted molar refractivity (Wildman–Crippen MR) is 138 cm³/mol. The molecular formula is C25H29N9O5. The van der Waals surface area contributed by atoms with Gasteiger partial charge in [-0.1, -0.05) is 6.92 Å². The van der Waals surface area contributed by atoms with Gasteiger partial charge in [0.25, 0.3) is 5.91 Å². The molecule has 0 radical (unpaired) electrons. The van der Waals surface area contributed by atoms with Crippen LogP contribution in [-0.2, 0) is 9.59 Å². The van der Waals surface area contributed by atoms with E-state index in [0.717, 1.165) is 35.6 Å². The van der Waals surface area contributed by atoms with Crippen molar-refractivity contribution in [2.75, 3.05) is 41.8 Å². The molecule has 2 fully saturated rings. The quantitative estimate of drug-likeness (QED) is 0.425. The van der Waals surface area contributed by atoms with Gasteiger partial charge in [-0.2, -0.15) is 4.98 Å². The summed E-state index contributed by atoms with van der Waals surface area (Å²) in [5.41, 5.74) is 0.537. The molecule has 1 aliphatic carbocycles. The number of nitrogens with one attached hydrogen (secondary N) is 1. The van der Waals surface area contributed by atoms with Gasteiger partial charge in [0.05, 0.1) is 25.3 Å². The molecule has 2 aliphatic heterocycles. The van der Waals surface area contributed by atoms with E-state index in [0.29, 0.717) is 5.69 Å². The van der Waals surface area contributed by atoms with E-state index in [4.69, 9.17) is 4.42 Å². The van der Waals surface area contributed by atoms with Crippen LogP contribution in [0.25, 0.3) is 11.6 Å². The maximum atomic E-state index is 13.2. The Bertz CT molecular complexity index is 1420. The standard InChI is InChI=1S/C25H29N9O5/c1-4-16(35)10-33-24(37)20-21(31(3)25(33)38)28-12-34(20)13(2)22(36)29-18-11-39-23(30-18)17-6-27-19(7-26-17)32-8-14-5-15(14)9-32/h6-7,11-15,25,38H,4-5,8-10H2,1-3H3,(H,29,36)/t13-,14?,15?,25?/m0/s1. The number of aliphatic hydroxyl groups is 1. The third-order valence-corrected chi connectivity index (χ3v) is 7.65. The third kappa shape index (κ3) is 4.39. The normalized spacial score (nSPS) is 22.5. The zero-order valence-corrected chi connectivity index (χ0v) is 21.8. The van der Waals surface area contributed by atoms with E-state index in [1.165, 1.54) is 28.5 Å². The van der Waals surface area contributed by atoms with E-state index < -0.39 is 24.2 Å². The van der Waals surface area contributed by atoms with Gasteiger partial charge in [0.1, 0.15) is 23.8 Å². The van der Waals surface area contributed by atoms with Crippen molar-refractivity contribution in [1.82, 2.24) is 29.4 Å². The molecular weight excluding hydrogens is 506 g/mol. The van der Waals surface area contributed by atoms with Crippen LogP contribution in [0.3, 0.4) is 0 Å². The van der Waals surface area contributed by atoms with Crippen molar-refractivity contribution in [3.05, 3.63) is 30.7 Å². The number of amides is 2. The van der Waals surface area contributed by atoms with Crippen molar-refractivity contribution >= 4 is 35.1 Å². The lowest BCUT2D eigenvalue weighted by molar-refractivity contribution is -0.122. The zero-order valence-electron chi connectivity index (χ0n) is 21.8. The van der Waals surface area contributed by atoms with Gasteiger partial charge in [0, 0.05) is 26.6 Å². The highest BCUT2D eigenvalue weighted by Gasteiger charge is 2.45. The number of nitrogens with zero attached hydrogens (tertiary/aromatic N) is 8. The Morgan fingerprint density at radius 2 is 1.97 bits per heavy atom. The van der Waals surface area contributed by atoms with Crippen molar-refractivity contribution in [3.63, 3.8) is 0 Å². The fourth-order valence-electron chi connectivity index (χ4n) is 5.11. The smallest absolute Gasteiger partial charge is 0.278 e. The molecule has 5 heterocycles. The lowest BCUT2D eigenvalue weighted by Gasteiger charge is -2.38. The highest BCUT2D eigenvalue weighted by Crippen LogP contribution is 2.45. The van der Waals surface area contributed by atoms with Gasteiger partial charge in [-0.15, -0.1) is 0 Å². The molecule has 2 N–H and O–H groups in total. The molecule has 3 aliphatic rings. The number of carbonyl (C=O) groups excluding carboxylic acids is 3. The Morgan fingerprint density at radius 3 is 2.67 bits per heavy atom. The monoisotopic (exact) mass is 535 g/mol. The summed E-state index contributed by atoms with van der Waals surface area (Å²) in [6.07, 6.45) is 6.15. The molecule has 3 aromatic rings. The fraction of sp³-hybridized carbons (Fsp3) is 0.480. The number of fused-ring (bicyclic) bond motifs is 2. The molecule has 6 rings (SSSR count). The summed E-state index contributed by atoms with van der Waals surface area (Å²) in [5.74, 6) is 1.73. The van der Waals surface area contributed by atoms with Gasteiger partial charge < -0.3 is 29.2 Å². The topological polar surface area (TPSA) is 163 Å². The lowest BCUT2D eigenvalue weighted by atomic mass is 10.2. The molecule has 2 amide bonds. The molecule has 204 valence electrons. The number of ketones is 1. The molecule has 0 aromatic carbocycles. The minimum atomic E-state index is -1.35. The van der Waals surface area contributed by atoms with Gasteiger partial charge in [0.15, 0.2) is 23.1 Å². The van der Waals surface area contributed by atoms with Crippen LogP contribution in [-0.4, -0.2) is 85.1 Å². The number of carbonyl (C=O) groups is 3. The van der Waals surface area contributed by atoms with Gasteiger partial charge in [-0.3, -0.25) is 19.3 Å². The highest BCUT2D eigenvalue weighted by atomic mass is 16.3. The molecule has 1 saturated heterocycles. The van der Waals surface area contributed by atoms with E-state index in [2.05, 4.69) is 30.2 Å². The Balaban J connectivity index is 1.15. The molecule has 1 saturated carbocycles. The SMILES string of the molecule is CCC(=O)CN1C(=O)c2c(ncn2[C@@H](C)C(=O)Nc2coc(-c3cnc(N4CC5CC5C4)cn3)n2)N(C)C1O. The predicted octanol–water partition coefficient (Wildman–Crippen LogP) is 1.13. The van der Waals surface area contributed by atoms with Crippen molar-refractivity contribution in [1.29, 1.82) is 0 Å². The first kappa shape index (κ1) is 25.0. The summed E-state index contributed by atoms with van der Waals surface area (Å²) >= 11 is 0. The average molecular weight is 536 g/mol. The summed E-state index contributed by atoms with van der Waals surface area (Å²) in [6.45, 7) is 5.07. The van der Waals surface area contributed by atoms with Crippen LogP contribution in [0.1, 0.15) is 43.2 Å². The number of Topliss-reactive ketones (excluding diaryl/α,β-unsaturated/α-hetero) is 1. The molecule has 14 nitrogen and oxygen atoms in total. The minimum absolute atomic E-state index is 0.0980. The van der Waals surface area contributed by atoms with Crippen LogP contribution >= 0.6 is 0 Å². The first-order chi connectivity index (χ1) is 18.7. The second-order valence-corrected chi connectivity index (χ2v) is 10.2. The molecule has 4 atom stereocenters. The van der Waals surface area contributed by atoms with Crippen LogP contribution in [0.15, 0.2) is 29.4 Å². The number of hydrogen-bond donors (Lipinski definition) is 2. The van der Waals surface area contributed by atoms with E-state index in [-0.39, 0.29) is 42.0 Å². The Kier molecular flexibility index (Phi) is 6.05. The van der Waals surface area contributed by atoms with Crippen LogP contribution in [0, 0.1) is 11.8 Å². The number of aliphatic hydroxyl groups excluding tert-OH is 1. The number of imidazole rings is 1. The Hall–Kier alpha value is -4.33. The number of piperidine rings is 1. The maximum absolute atomic E-state index is 13.2. The molecule has 0 bridgehead atoms. The second-order valence-electron chi connectivity index (χ2n) is 10.2. The number of aromatic nitrogens is 5. The van der Waals surface area contributed by atoms with Gasteiger partial charge in [-0.25, -0.2) is 15.0 Å².